The minimum Gasteiger partial charge on any atom is -0.393 e. The molecule has 1 aliphatic rings. The monoisotopic (exact) mass is 286 g/mol. The summed E-state index contributed by atoms with van der Waals surface area (Å²) in [5.41, 5.74) is 1.77. The van der Waals surface area contributed by atoms with Gasteiger partial charge in [-0.25, -0.2) is 0 Å². The molecule has 0 bridgehead atoms. The van der Waals surface area contributed by atoms with Crippen molar-refractivity contribution in [1.82, 2.24) is 9.47 Å². The Kier molecular flexibility index (Phi) is 3.72. The van der Waals surface area contributed by atoms with E-state index in [1.807, 2.05) is 49.0 Å². The third-order valence-corrected chi connectivity index (χ3v) is 4.64. The molecular weight excluding hydrogens is 264 g/mol. The van der Waals surface area contributed by atoms with Gasteiger partial charge in [0.05, 0.1) is 6.10 Å². The summed E-state index contributed by atoms with van der Waals surface area (Å²) in [6.07, 6.45) is 2.67. The highest BCUT2D eigenvalue weighted by molar-refractivity contribution is 5.98. The Morgan fingerprint density at radius 2 is 2.14 bits per heavy atom. The highest BCUT2D eigenvalue weighted by Gasteiger charge is 2.28. The van der Waals surface area contributed by atoms with Crippen LogP contribution in [0, 0.1) is 5.92 Å². The average molecular weight is 286 g/mol. The van der Waals surface area contributed by atoms with Crippen LogP contribution in [0.25, 0.3) is 10.9 Å². The molecule has 1 aromatic heterocycles. The Bertz CT molecular complexity index is 662. The highest BCUT2D eigenvalue weighted by Crippen LogP contribution is 2.27. The van der Waals surface area contributed by atoms with E-state index < -0.39 is 0 Å². The smallest absolute Gasteiger partial charge is 0.270 e. The summed E-state index contributed by atoms with van der Waals surface area (Å²) < 4.78 is 1.94. The number of aryl methyl sites for hydroxylation is 1. The van der Waals surface area contributed by atoms with Crippen LogP contribution in [-0.2, 0) is 7.05 Å². The number of hydrogen-bond acceptors (Lipinski definition) is 2. The van der Waals surface area contributed by atoms with Crippen LogP contribution in [0.15, 0.2) is 30.3 Å². The van der Waals surface area contributed by atoms with Crippen LogP contribution in [0.5, 0.6) is 0 Å². The summed E-state index contributed by atoms with van der Waals surface area (Å²) in [7, 11) is 3.75. The van der Waals surface area contributed by atoms with Crippen LogP contribution in [0.2, 0.25) is 0 Å². The van der Waals surface area contributed by atoms with Gasteiger partial charge in [-0.2, -0.15) is 0 Å². The number of rotatable bonds is 3. The predicted molar refractivity (Wildman–Crippen MR) is 83.2 cm³/mol. The maximum absolute atomic E-state index is 12.7. The summed E-state index contributed by atoms with van der Waals surface area (Å²) in [5, 5.41) is 11.0. The summed E-state index contributed by atoms with van der Waals surface area (Å²) in [6.45, 7) is 0.627. The first-order valence-corrected chi connectivity index (χ1v) is 7.56. The maximum atomic E-state index is 12.7. The molecule has 0 radical (unpaired) electrons. The van der Waals surface area contributed by atoms with Gasteiger partial charge in [-0.15, -0.1) is 0 Å². The van der Waals surface area contributed by atoms with Crippen molar-refractivity contribution in [2.45, 2.75) is 25.4 Å². The lowest BCUT2D eigenvalue weighted by Gasteiger charge is -2.23. The fourth-order valence-electron chi connectivity index (χ4n) is 3.35. The lowest BCUT2D eigenvalue weighted by molar-refractivity contribution is 0.0685. The molecule has 1 saturated carbocycles. The SMILES string of the molecule is CN(CC1CCCC1O)C(=O)c1cc2ccccc2n1C. The number of benzene rings is 1. The summed E-state index contributed by atoms with van der Waals surface area (Å²) in [4.78, 5) is 14.4. The van der Waals surface area contributed by atoms with Gasteiger partial charge < -0.3 is 14.6 Å². The molecule has 1 aliphatic carbocycles. The largest absolute Gasteiger partial charge is 0.393 e. The van der Waals surface area contributed by atoms with Crippen molar-refractivity contribution in [3.8, 4) is 0 Å². The van der Waals surface area contributed by atoms with Gasteiger partial charge in [0, 0.05) is 37.5 Å². The molecule has 1 N–H and O–H groups in total. The van der Waals surface area contributed by atoms with E-state index in [0.717, 1.165) is 30.2 Å². The molecule has 2 unspecified atom stereocenters. The van der Waals surface area contributed by atoms with Gasteiger partial charge in [0.1, 0.15) is 5.69 Å². The Morgan fingerprint density at radius 1 is 1.38 bits per heavy atom. The third-order valence-electron chi connectivity index (χ3n) is 4.64. The van der Waals surface area contributed by atoms with Crippen LogP contribution in [0.3, 0.4) is 0 Å². The minimum absolute atomic E-state index is 0.0211. The predicted octanol–water partition coefficient (Wildman–Crippen LogP) is 2.41. The molecule has 0 spiro atoms. The molecule has 2 aromatic rings. The van der Waals surface area contributed by atoms with Crippen molar-refractivity contribution in [2.75, 3.05) is 13.6 Å². The summed E-state index contributed by atoms with van der Waals surface area (Å²) in [5.74, 6) is 0.237. The van der Waals surface area contributed by atoms with E-state index in [1.54, 1.807) is 4.90 Å². The molecule has 112 valence electrons. The first kappa shape index (κ1) is 14.1. The molecule has 4 heteroatoms. The third kappa shape index (κ3) is 2.56. The average Bonchev–Trinajstić information content (AvgIpc) is 3.03. The van der Waals surface area contributed by atoms with Crippen molar-refractivity contribution in [1.29, 1.82) is 0 Å². The number of amides is 1. The molecule has 0 aliphatic heterocycles. The Balaban J connectivity index is 1.81. The van der Waals surface area contributed by atoms with E-state index >= 15 is 0 Å². The van der Waals surface area contributed by atoms with Gasteiger partial charge in [0.2, 0.25) is 0 Å². The van der Waals surface area contributed by atoms with Crippen LogP contribution in [0.4, 0.5) is 0 Å². The number of carbonyl (C=O) groups is 1. The Hall–Kier alpha value is -1.81. The fourth-order valence-corrected chi connectivity index (χ4v) is 3.35. The van der Waals surface area contributed by atoms with Crippen LogP contribution in [-0.4, -0.2) is 40.2 Å². The zero-order chi connectivity index (χ0) is 15.0. The zero-order valence-electron chi connectivity index (χ0n) is 12.6. The van der Waals surface area contributed by atoms with Crippen LogP contribution < -0.4 is 0 Å². The van der Waals surface area contributed by atoms with E-state index in [9.17, 15) is 9.90 Å². The second kappa shape index (κ2) is 5.53. The molecule has 1 heterocycles. The second-order valence-electron chi connectivity index (χ2n) is 6.09. The van der Waals surface area contributed by atoms with E-state index in [-0.39, 0.29) is 17.9 Å². The molecule has 21 heavy (non-hydrogen) atoms. The number of aromatic nitrogens is 1. The van der Waals surface area contributed by atoms with E-state index in [0.29, 0.717) is 12.2 Å². The molecule has 1 fully saturated rings. The quantitative estimate of drug-likeness (QED) is 0.942. The van der Waals surface area contributed by atoms with Gasteiger partial charge >= 0.3 is 0 Å². The number of aliphatic hydroxyl groups is 1. The second-order valence-corrected chi connectivity index (χ2v) is 6.09. The number of para-hydroxylation sites is 1. The van der Waals surface area contributed by atoms with E-state index in [1.165, 1.54) is 0 Å². The van der Waals surface area contributed by atoms with Crippen molar-refractivity contribution in [3.63, 3.8) is 0 Å². The number of nitrogens with zero attached hydrogens (tertiary/aromatic N) is 2. The first-order chi connectivity index (χ1) is 10.1. The normalized spacial score (nSPS) is 21.9. The molecule has 1 aromatic carbocycles. The minimum atomic E-state index is -0.257. The first-order valence-electron chi connectivity index (χ1n) is 7.56. The van der Waals surface area contributed by atoms with E-state index in [2.05, 4.69) is 0 Å². The lowest BCUT2D eigenvalue weighted by Crippen LogP contribution is -2.35. The molecule has 0 saturated heterocycles. The number of fused-ring (bicyclic) bond motifs is 1. The molecule has 3 rings (SSSR count). The number of carbonyl (C=O) groups excluding carboxylic acids is 1. The van der Waals surface area contributed by atoms with Crippen molar-refractivity contribution in [2.24, 2.45) is 13.0 Å². The zero-order valence-corrected chi connectivity index (χ0v) is 12.6. The van der Waals surface area contributed by atoms with Gasteiger partial charge in [-0.3, -0.25) is 4.79 Å². The maximum Gasteiger partial charge on any atom is 0.270 e. The summed E-state index contributed by atoms with van der Waals surface area (Å²) >= 11 is 0. The molecular formula is C17H22N2O2. The van der Waals surface area contributed by atoms with Gasteiger partial charge in [0.15, 0.2) is 0 Å². The van der Waals surface area contributed by atoms with Crippen LogP contribution in [0.1, 0.15) is 29.8 Å². The van der Waals surface area contributed by atoms with Gasteiger partial charge in [-0.05, 0) is 25.0 Å². The van der Waals surface area contributed by atoms with Crippen molar-refractivity contribution in [3.05, 3.63) is 36.0 Å². The van der Waals surface area contributed by atoms with E-state index in [4.69, 9.17) is 0 Å². The van der Waals surface area contributed by atoms with Gasteiger partial charge in [0.25, 0.3) is 5.91 Å². The highest BCUT2D eigenvalue weighted by atomic mass is 16.3. The molecule has 1 amide bonds. The van der Waals surface area contributed by atoms with Crippen molar-refractivity contribution >= 4 is 16.8 Å². The molecule has 4 nitrogen and oxygen atoms in total. The van der Waals surface area contributed by atoms with Crippen molar-refractivity contribution < 1.29 is 9.90 Å². The Labute approximate surface area is 125 Å². The topological polar surface area (TPSA) is 45.5 Å². The van der Waals surface area contributed by atoms with Gasteiger partial charge in [-0.1, -0.05) is 24.6 Å². The Morgan fingerprint density at radius 3 is 2.81 bits per heavy atom. The standard InChI is InChI=1S/C17H22N2O2/c1-18(11-13-7-5-9-16(13)20)17(21)15-10-12-6-3-4-8-14(12)19(15)2/h3-4,6,8,10,13,16,20H,5,7,9,11H2,1-2H3. The summed E-state index contributed by atoms with van der Waals surface area (Å²) in [6, 6.07) is 9.95. The number of aliphatic hydroxyl groups excluding tert-OH is 1. The van der Waals surface area contributed by atoms with Crippen LogP contribution >= 0.6 is 0 Å². The molecule has 2 atom stereocenters. The lowest BCUT2D eigenvalue weighted by atomic mass is 10.1. The fraction of sp³-hybridized carbons (Fsp3) is 0.471. The number of hydrogen-bond donors (Lipinski definition) is 1.